The van der Waals surface area contributed by atoms with Gasteiger partial charge in [-0.3, -0.25) is 5.10 Å². The van der Waals surface area contributed by atoms with Gasteiger partial charge in [-0.15, -0.1) is 0 Å². The summed E-state index contributed by atoms with van der Waals surface area (Å²) in [5.74, 6) is 0. The molecule has 1 heterocycles. The quantitative estimate of drug-likeness (QED) is 0.834. The molecule has 4 nitrogen and oxygen atoms in total. The fourth-order valence-corrected chi connectivity index (χ4v) is 2.09. The molecule has 4 heteroatoms. The topological polar surface area (TPSA) is 64.5 Å². The summed E-state index contributed by atoms with van der Waals surface area (Å²) in [4.78, 5) is 0. The lowest BCUT2D eigenvalue weighted by Crippen LogP contribution is -2.19. The highest BCUT2D eigenvalue weighted by Gasteiger charge is 2.19. The van der Waals surface area contributed by atoms with E-state index < -0.39 is 0 Å². The van der Waals surface area contributed by atoms with E-state index in [1.54, 1.807) is 0 Å². The minimum atomic E-state index is 0.697. The Morgan fingerprint density at radius 2 is 2.35 bits per heavy atom. The van der Waals surface area contributed by atoms with Gasteiger partial charge in [-0.05, 0) is 43.5 Å². The molecule has 1 saturated carbocycles. The van der Waals surface area contributed by atoms with E-state index in [9.17, 15) is 0 Å². The number of nitrogens with one attached hydrogen (secondary N) is 2. The molecule has 1 aliphatic carbocycles. The van der Waals surface area contributed by atoms with E-state index in [1.807, 2.05) is 18.3 Å². The van der Waals surface area contributed by atoms with Crippen molar-refractivity contribution in [2.75, 3.05) is 6.54 Å². The van der Waals surface area contributed by atoms with Crippen LogP contribution in [-0.2, 0) is 6.42 Å². The Bertz CT molecular complexity index is 575. The average Bonchev–Trinajstić information content (AvgIpc) is 3.04. The summed E-state index contributed by atoms with van der Waals surface area (Å²) in [6.07, 6.45) is 5.39. The van der Waals surface area contributed by atoms with E-state index >= 15 is 0 Å². The predicted octanol–water partition coefficient (Wildman–Crippen LogP) is 1.73. The van der Waals surface area contributed by atoms with Crippen molar-refractivity contribution < 1.29 is 0 Å². The van der Waals surface area contributed by atoms with E-state index in [4.69, 9.17) is 5.26 Å². The van der Waals surface area contributed by atoms with Gasteiger partial charge in [0.15, 0.2) is 0 Å². The molecule has 0 atom stereocenters. The SMILES string of the molecule is N#Cc1cc(CCNC2CC2)c2cn[nH]c2c1. The van der Waals surface area contributed by atoms with Crippen molar-refractivity contribution in [3.63, 3.8) is 0 Å². The van der Waals surface area contributed by atoms with Crippen molar-refractivity contribution in [3.8, 4) is 6.07 Å². The number of nitriles is 1. The highest BCUT2D eigenvalue weighted by Crippen LogP contribution is 2.21. The van der Waals surface area contributed by atoms with Gasteiger partial charge in [0, 0.05) is 11.4 Å². The summed E-state index contributed by atoms with van der Waals surface area (Å²) in [7, 11) is 0. The first-order valence-electron chi connectivity index (χ1n) is 5.96. The van der Waals surface area contributed by atoms with Gasteiger partial charge in [0.25, 0.3) is 0 Å². The van der Waals surface area contributed by atoms with Crippen LogP contribution in [0.4, 0.5) is 0 Å². The average molecular weight is 226 g/mol. The van der Waals surface area contributed by atoms with Gasteiger partial charge >= 0.3 is 0 Å². The molecule has 0 saturated heterocycles. The molecule has 0 bridgehead atoms. The summed E-state index contributed by atoms with van der Waals surface area (Å²) in [6, 6.07) is 6.74. The number of hydrogen-bond acceptors (Lipinski definition) is 3. The monoisotopic (exact) mass is 226 g/mol. The Balaban J connectivity index is 1.84. The molecule has 0 unspecified atom stereocenters. The van der Waals surface area contributed by atoms with E-state index in [2.05, 4.69) is 21.6 Å². The van der Waals surface area contributed by atoms with Crippen LogP contribution in [0, 0.1) is 11.3 Å². The Morgan fingerprint density at radius 1 is 1.47 bits per heavy atom. The third-order valence-corrected chi connectivity index (χ3v) is 3.18. The molecule has 1 aromatic heterocycles. The molecule has 0 amide bonds. The van der Waals surface area contributed by atoms with E-state index in [0.29, 0.717) is 5.56 Å². The minimum Gasteiger partial charge on any atom is -0.314 e. The number of nitrogens with zero attached hydrogens (tertiary/aromatic N) is 2. The number of H-pyrrole nitrogens is 1. The Hall–Kier alpha value is -1.86. The maximum Gasteiger partial charge on any atom is 0.0992 e. The van der Waals surface area contributed by atoms with Crippen LogP contribution in [0.5, 0.6) is 0 Å². The van der Waals surface area contributed by atoms with Crippen molar-refractivity contribution in [2.24, 2.45) is 0 Å². The van der Waals surface area contributed by atoms with Crippen LogP contribution < -0.4 is 5.32 Å². The molecule has 86 valence electrons. The Morgan fingerprint density at radius 3 is 3.12 bits per heavy atom. The van der Waals surface area contributed by atoms with Crippen LogP contribution in [0.1, 0.15) is 24.0 Å². The lowest BCUT2D eigenvalue weighted by Gasteiger charge is -2.05. The van der Waals surface area contributed by atoms with E-state index in [1.165, 1.54) is 18.4 Å². The third-order valence-electron chi connectivity index (χ3n) is 3.18. The lowest BCUT2D eigenvalue weighted by molar-refractivity contribution is 0.683. The zero-order valence-electron chi connectivity index (χ0n) is 9.53. The van der Waals surface area contributed by atoms with Gasteiger partial charge in [-0.2, -0.15) is 10.4 Å². The van der Waals surface area contributed by atoms with Crippen molar-refractivity contribution >= 4 is 10.9 Å². The van der Waals surface area contributed by atoms with Crippen molar-refractivity contribution in [1.29, 1.82) is 5.26 Å². The first-order valence-corrected chi connectivity index (χ1v) is 5.96. The normalized spacial score (nSPS) is 15.0. The van der Waals surface area contributed by atoms with Crippen LogP contribution in [0.3, 0.4) is 0 Å². The maximum atomic E-state index is 8.98. The fourth-order valence-electron chi connectivity index (χ4n) is 2.09. The zero-order chi connectivity index (χ0) is 11.7. The first-order chi connectivity index (χ1) is 8.36. The molecule has 1 aromatic carbocycles. The maximum absolute atomic E-state index is 8.98. The zero-order valence-corrected chi connectivity index (χ0v) is 9.53. The number of benzene rings is 1. The smallest absolute Gasteiger partial charge is 0.0992 e. The molecule has 2 aromatic rings. The summed E-state index contributed by atoms with van der Waals surface area (Å²) in [5, 5.41) is 20.6. The van der Waals surface area contributed by atoms with Crippen LogP contribution in [0.2, 0.25) is 0 Å². The van der Waals surface area contributed by atoms with E-state index in [0.717, 1.165) is 29.9 Å². The standard InChI is InChI=1S/C13H14N4/c14-7-9-5-10(3-4-15-11-1-2-11)12-8-16-17-13(12)6-9/h5-6,8,11,15H,1-4H2,(H,16,17). The molecule has 0 radical (unpaired) electrons. The summed E-state index contributed by atoms with van der Waals surface area (Å²) < 4.78 is 0. The second-order valence-corrected chi connectivity index (χ2v) is 4.56. The van der Waals surface area contributed by atoms with Gasteiger partial charge in [-0.25, -0.2) is 0 Å². The predicted molar refractivity (Wildman–Crippen MR) is 65.5 cm³/mol. The van der Waals surface area contributed by atoms with E-state index in [-0.39, 0.29) is 0 Å². The number of aromatic amines is 1. The van der Waals surface area contributed by atoms with Gasteiger partial charge in [0.1, 0.15) is 0 Å². The van der Waals surface area contributed by atoms with Crippen LogP contribution in [0.25, 0.3) is 10.9 Å². The molecule has 2 N–H and O–H groups in total. The number of hydrogen-bond donors (Lipinski definition) is 2. The summed E-state index contributed by atoms with van der Waals surface area (Å²) in [6.45, 7) is 0.972. The molecule has 0 aliphatic heterocycles. The number of rotatable bonds is 4. The Labute approximate surface area is 99.6 Å². The number of fused-ring (bicyclic) bond motifs is 1. The van der Waals surface area contributed by atoms with Gasteiger partial charge < -0.3 is 5.32 Å². The third kappa shape index (κ3) is 2.15. The second kappa shape index (κ2) is 4.19. The van der Waals surface area contributed by atoms with Gasteiger partial charge in [0.2, 0.25) is 0 Å². The van der Waals surface area contributed by atoms with Gasteiger partial charge in [-0.1, -0.05) is 0 Å². The first kappa shape index (κ1) is 10.3. The van der Waals surface area contributed by atoms with Crippen LogP contribution >= 0.6 is 0 Å². The molecular formula is C13H14N4. The summed E-state index contributed by atoms with van der Waals surface area (Å²) >= 11 is 0. The summed E-state index contributed by atoms with van der Waals surface area (Å²) in [5.41, 5.74) is 2.84. The largest absolute Gasteiger partial charge is 0.314 e. The minimum absolute atomic E-state index is 0.697. The number of aromatic nitrogens is 2. The Kier molecular flexibility index (Phi) is 2.54. The van der Waals surface area contributed by atoms with Crippen LogP contribution in [0.15, 0.2) is 18.3 Å². The second-order valence-electron chi connectivity index (χ2n) is 4.56. The molecular weight excluding hydrogens is 212 g/mol. The molecule has 17 heavy (non-hydrogen) atoms. The lowest BCUT2D eigenvalue weighted by atomic mass is 10.0. The molecule has 1 aliphatic rings. The molecule has 3 rings (SSSR count). The fraction of sp³-hybridized carbons (Fsp3) is 0.385. The van der Waals surface area contributed by atoms with Crippen molar-refractivity contribution in [3.05, 3.63) is 29.5 Å². The highest BCUT2D eigenvalue weighted by atomic mass is 15.1. The van der Waals surface area contributed by atoms with Crippen LogP contribution in [-0.4, -0.2) is 22.8 Å². The van der Waals surface area contributed by atoms with Crippen molar-refractivity contribution in [1.82, 2.24) is 15.5 Å². The highest BCUT2D eigenvalue weighted by molar-refractivity contribution is 5.83. The van der Waals surface area contributed by atoms with Crippen molar-refractivity contribution in [2.45, 2.75) is 25.3 Å². The molecule has 1 fully saturated rings. The molecule has 0 spiro atoms. The van der Waals surface area contributed by atoms with Gasteiger partial charge in [0.05, 0.1) is 23.3 Å².